The van der Waals surface area contributed by atoms with Crippen molar-refractivity contribution in [3.8, 4) is 0 Å². The molecule has 0 radical (unpaired) electrons. The van der Waals surface area contributed by atoms with Gasteiger partial charge in [0, 0.05) is 5.92 Å². The molecule has 0 heteroatoms. The second-order valence-corrected chi connectivity index (χ2v) is 5.26. The lowest BCUT2D eigenvalue weighted by Gasteiger charge is -2.19. The van der Waals surface area contributed by atoms with Gasteiger partial charge < -0.3 is 0 Å². The summed E-state index contributed by atoms with van der Waals surface area (Å²) < 4.78 is 0. The van der Waals surface area contributed by atoms with E-state index in [0.717, 1.165) is 11.8 Å². The highest BCUT2D eigenvalue weighted by molar-refractivity contribution is 5.57. The summed E-state index contributed by atoms with van der Waals surface area (Å²) >= 11 is 0. The maximum absolute atomic E-state index is 2.39. The topological polar surface area (TPSA) is 0 Å². The number of hydrogen-bond donors (Lipinski definition) is 0. The molecule has 1 aromatic rings. The molecule has 2 aliphatic carbocycles. The van der Waals surface area contributed by atoms with Gasteiger partial charge in [0.25, 0.3) is 0 Å². The summed E-state index contributed by atoms with van der Waals surface area (Å²) in [5.74, 6) is 1.49. The minimum Gasteiger partial charge on any atom is -0.0620 e. The fourth-order valence-electron chi connectivity index (χ4n) is 3.41. The maximum Gasteiger partial charge on any atom is 0.0266 e. The van der Waals surface area contributed by atoms with Crippen molar-refractivity contribution in [2.45, 2.75) is 51.4 Å². The predicted molar refractivity (Wildman–Crippen MR) is 68.8 cm³/mol. The van der Waals surface area contributed by atoms with E-state index >= 15 is 0 Å². The van der Waals surface area contributed by atoms with Crippen molar-refractivity contribution in [3.63, 3.8) is 0 Å². The van der Waals surface area contributed by atoms with E-state index in [0.29, 0.717) is 0 Å². The maximum atomic E-state index is 2.39. The first-order valence-electron chi connectivity index (χ1n) is 6.63. The molecule has 0 N–H and O–H groups in total. The molecule has 0 nitrogen and oxygen atoms in total. The molecule has 0 spiro atoms. The quantitative estimate of drug-likeness (QED) is 0.588. The van der Waals surface area contributed by atoms with Gasteiger partial charge in [0.2, 0.25) is 0 Å². The lowest BCUT2D eigenvalue weighted by molar-refractivity contribution is 0.616. The zero-order valence-corrected chi connectivity index (χ0v) is 10.3. The van der Waals surface area contributed by atoms with Crippen LogP contribution in [0.2, 0.25) is 0 Å². The van der Waals surface area contributed by atoms with E-state index in [1.54, 1.807) is 22.3 Å². The summed E-state index contributed by atoms with van der Waals surface area (Å²) in [5.41, 5.74) is 6.72. The summed E-state index contributed by atoms with van der Waals surface area (Å²) in [6, 6.07) is 9.10. The third-order valence-corrected chi connectivity index (χ3v) is 4.33. The van der Waals surface area contributed by atoms with Crippen molar-refractivity contribution in [1.82, 2.24) is 0 Å². The van der Waals surface area contributed by atoms with Crippen LogP contribution < -0.4 is 0 Å². The van der Waals surface area contributed by atoms with Crippen LogP contribution in [0.1, 0.15) is 62.5 Å². The Morgan fingerprint density at radius 1 is 1.19 bits per heavy atom. The number of fused-ring (bicyclic) bond motifs is 3. The number of benzene rings is 1. The minimum atomic E-state index is 0.740. The van der Waals surface area contributed by atoms with Crippen molar-refractivity contribution < 1.29 is 0 Å². The summed E-state index contributed by atoms with van der Waals surface area (Å²) in [6.45, 7) is 4.69. The monoisotopic (exact) mass is 212 g/mol. The Kier molecular flexibility index (Phi) is 2.38. The smallest absolute Gasteiger partial charge is 0.0266 e. The molecule has 0 aromatic heterocycles. The molecule has 0 bridgehead atoms. The van der Waals surface area contributed by atoms with Gasteiger partial charge in [-0.3, -0.25) is 0 Å². The van der Waals surface area contributed by atoms with E-state index in [-0.39, 0.29) is 0 Å². The van der Waals surface area contributed by atoms with Gasteiger partial charge in [-0.05, 0) is 42.7 Å². The lowest BCUT2D eigenvalue weighted by atomic mass is 9.85. The summed E-state index contributed by atoms with van der Waals surface area (Å²) in [5, 5.41) is 0. The molecule has 0 aliphatic heterocycles. The average molecular weight is 212 g/mol. The van der Waals surface area contributed by atoms with Gasteiger partial charge in [-0.1, -0.05) is 49.3 Å². The van der Waals surface area contributed by atoms with Crippen LogP contribution in [0.15, 0.2) is 35.4 Å². The Morgan fingerprint density at radius 3 is 2.69 bits per heavy atom. The fraction of sp³-hybridized carbons (Fsp3) is 0.500. The Balaban J connectivity index is 2.03. The Hall–Kier alpha value is -1.04. The SMILES string of the molecule is CCC1=C2CCCC(C)c3ccccc3C12. The van der Waals surface area contributed by atoms with Crippen LogP contribution in [0.5, 0.6) is 0 Å². The third-order valence-electron chi connectivity index (χ3n) is 4.33. The van der Waals surface area contributed by atoms with Gasteiger partial charge in [-0.25, -0.2) is 0 Å². The van der Waals surface area contributed by atoms with E-state index in [2.05, 4.69) is 38.1 Å². The first-order chi connectivity index (χ1) is 7.83. The zero-order valence-electron chi connectivity index (χ0n) is 10.3. The van der Waals surface area contributed by atoms with Crippen LogP contribution in [-0.2, 0) is 0 Å². The molecule has 0 amide bonds. The van der Waals surface area contributed by atoms with Gasteiger partial charge in [0.15, 0.2) is 0 Å². The zero-order chi connectivity index (χ0) is 11.1. The molecule has 0 fully saturated rings. The molecule has 2 aliphatic rings. The predicted octanol–water partition coefficient (Wildman–Crippen LogP) is 4.78. The van der Waals surface area contributed by atoms with Crippen LogP contribution in [0.25, 0.3) is 0 Å². The van der Waals surface area contributed by atoms with E-state index in [1.165, 1.54) is 25.7 Å². The molecule has 84 valence electrons. The molecular formula is C16H20. The van der Waals surface area contributed by atoms with Gasteiger partial charge in [-0.2, -0.15) is 0 Å². The highest BCUT2D eigenvalue weighted by Gasteiger charge is 2.38. The van der Waals surface area contributed by atoms with E-state index in [9.17, 15) is 0 Å². The third kappa shape index (κ3) is 1.43. The van der Waals surface area contributed by atoms with Gasteiger partial charge in [-0.15, -0.1) is 0 Å². The number of rotatable bonds is 1. The van der Waals surface area contributed by atoms with Crippen molar-refractivity contribution in [1.29, 1.82) is 0 Å². The van der Waals surface area contributed by atoms with Crippen LogP contribution in [-0.4, -0.2) is 0 Å². The second kappa shape index (κ2) is 3.76. The number of allylic oxidation sites excluding steroid dienone is 2. The molecule has 0 heterocycles. The highest BCUT2D eigenvalue weighted by atomic mass is 14.4. The Morgan fingerprint density at radius 2 is 1.94 bits per heavy atom. The fourth-order valence-corrected chi connectivity index (χ4v) is 3.41. The Bertz CT molecular complexity index is 439. The molecule has 16 heavy (non-hydrogen) atoms. The van der Waals surface area contributed by atoms with E-state index in [4.69, 9.17) is 0 Å². The normalized spacial score (nSPS) is 27.9. The molecule has 2 unspecified atom stereocenters. The van der Waals surface area contributed by atoms with Crippen LogP contribution in [0.3, 0.4) is 0 Å². The summed E-state index contributed by atoms with van der Waals surface area (Å²) in [4.78, 5) is 0. The van der Waals surface area contributed by atoms with Crippen molar-refractivity contribution in [3.05, 3.63) is 46.5 Å². The minimum absolute atomic E-state index is 0.740. The second-order valence-electron chi connectivity index (χ2n) is 5.26. The van der Waals surface area contributed by atoms with Crippen molar-refractivity contribution in [2.75, 3.05) is 0 Å². The average Bonchev–Trinajstić information content (AvgIpc) is 2.99. The first-order valence-corrected chi connectivity index (χ1v) is 6.63. The molecular weight excluding hydrogens is 192 g/mol. The van der Waals surface area contributed by atoms with Gasteiger partial charge in [0.05, 0.1) is 0 Å². The summed E-state index contributed by atoms with van der Waals surface area (Å²) in [6.07, 6.45) is 5.34. The lowest BCUT2D eigenvalue weighted by Crippen LogP contribution is -2.02. The molecule has 0 saturated heterocycles. The van der Waals surface area contributed by atoms with Crippen LogP contribution >= 0.6 is 0 Å². The molecule has 2 atom stereocenters. The first kappa shape index (κ1) is 10.1. The molecule has 1 aromatic carbocycles. The molecule has 3 rings (SSSR count). The number of hydrogen-bond acceptors (Lipinski definition) is 0. The largest absolute Gasteiger partial charge is 0.0620 e. The Labute approximate surface area is 98.4 Å². The summed E-state index contributed by atoms with van der Waals surface area (Å²) in [7, 11) is 0. The van der Waals surface area contributed by atoms with Crippen LogP contribution in [0.4, 0.5) is 0 Å². The van der Waals surface area contributed by atoms with Crippen molar-refractivity contribution >= 4 is 0 Å². The molecule has 0 saturated carbocycles. The standard InChI is InChI=1S/C16H20/c1-3-12-14-10-6-7-11(2)13-8-4-5-9-15(13)16(12)14/h4-5,8-9,11,16H,3,6-7,10H2,1-2H3. The van der Waals surface area contributed by atoms with E-state index in [1.807, 2.05) is 0 Å². The van der Waals surface area contributed by atoms with Gasteiger partial charge in [0.1, 0.15) is 0 Å². The van der Waals surface area contributed by atoms with Crippen molar-refractivity contribution in [2.24, 2.45) is 0 Å². The van der Waals surface area contributed by atoms with Crippen LogP contribution in [0, 0.1) is 0 Å². The van der Waals surface area contributed by atoms with E-state index < -0.39 is 0 Å². The highest BCUT2D eigenvalue weighted by Crippen LogP contribution is 2.55. The van der Waals surface area contributed by atoms with Gasteiger partial charge >= 0.3 is 0 Å².